The van der Waals surface area contributed by atoms with Crippen molar-refractivity contribution in [2.75, 3.05) is 6.61 Å². The fourth-order valence-electron chi connectivity index (χ4n) is 2.11. The van der Waals surface area contributed by atoms with Gasteiger partial charge in [-0.25, -0.2) is 0 Å². The van der Waals surface area contributed by atoms with E-state index in [-0.39, 0.29) is 12.5 Å². The number of nitrogens with two attached hydrogens (primary N) is 1. The van der Waals surface area contributed by atoms with Gasteiger partial charge in [0.1, 0.15) is 5.75 Å². The van der Waals surface area contributed by atoms with Crippen LogP contribution in [0.2, 0.25) is 0 Å². The molecular formula is C13H19N3O2. The van der Waals surface area contributed by atoms with Crippen molar-refractivity contribution in [3.8, 4) is 5.75 Å². The predicted molar refractivity (Wildman–Crippen MR) is 68.0 cm³/mol. The van der Waals surface area contributed by atoms with E-state index in [2.05, 4.69) is 10.3 Å². The molecule has 5 nitrogen and oxygen atoms in total. The number of hydrogen-bond donors (Lipinski definition) is 2. The topological polar surface area (TPSA) is 77.2 Å². The number of rotatable bonds is 5. The first-order valence-corrected chi connectivity index (χ1v) is 6.35. The SMILES string of the molecule is NCc1ccc(OCC(=O)NC2CCCC2)cn1. The third-order valence-corrected chi connectivity index (χ3v) is 3.10. The molecule has 5 heteroatoms. The minimum atomic E-state index is -0.0650. The molecule has 0 bridgehead atoms. The van der Waals surface area contributed by atoms with Crippen LogP contribution >= 0.6 is 0 Å². The summed E-state index contributed by atoms with van der Waals surface area (Å²) in [7, 11) is 0. The third-order valence-electron chi connectivity index (χ3n) is 3.10. The standard InChI is InChI=1S/C13H19N3O2/c14-7-11-5-6-12(8-15-11)18-9-13(17)16-10-3-1-2-4-10/h5-6,8,10H,1-4,7,9,14H2,(H,16,17). The zero-order valence-electron chi connectivity index (χ0n) is 10.4. The number of nitrogens with one attached hydrogen (secondary N) is 1. The molecule has 3 N–H and O–H groups in total. The molecule has 1 aromatic heterocycles. The maximum Gasteiger partial charge on any atom is 0.258 e. The monoisotopic (exact) mass is 249 g/mol. The quantitative estimate of drug-likeness (QED) is 0.815. The van der Waals surface area contributed by atoms with E-state index in [9.17, 15) is 4.79 Å². The molecule has 0 spiro atoms. The van der Waals surface area contributed by atoms with E-state index < -0.39 is 0 Å². The van der Waals surface area contributed by atoms with Crippen LogP contribution in [0.1, 0.15) is 31.4 Å². The average molecular weight is 249 g/mol. The van der Waals surface area contributed by atoms with Gasteiger partial charge < -0.3 is 15.8 Å². The van der Waals surface area contributed by atoms with Crippen molar-refractivity contribution in [1.29, 1.82) is 0 Å². The van der Waals surface area contributed by atoms with Crippen LogP contribution in [0.4, 0.5) is 0 Å². The summed E-state index contributed by atoms with van der Waals surface area (Å²) in [5.41, 5.74) is 6.25. The first-order chi connectivity index (χ1) is 8.78. The number of carbonyl (C=O) groups is 1. The lowest BCUT2D eigenvalue weighted by atomic mass is 10.2. The van der Waals surface area contributed by atoms with Crippen molar-refractivity contribution in [3.63, 3.8) is 0 Å². The number of nitrogens with zero attached hydrogens (tertiary/aromatic N) is 1. The van der Waals surface area contributed by atoms with E-state index in [1.54, 1.807) is 18.3 Å². The summed E-state index contributed by atoms with van der Waals surface area (Å²) in [5.74, 6) is 0.526. The molecule has 1 aliphatic carbocycles. The van der Waals surface area contributed by atoms with Gasteiger partial charge >= 0.3 is 0 Å². The Labute approximate surface area is 107 Å². The van der Waals surface area contributed by atoms with Crippen molar-refractivity contribution < 1.29 is 9.53 Å². The smallest absolute Gasteiger partial charge is 0.258 e. The van der Waals surface area contributed by atoms with Crippen LogP contribution in [0.3, 0.4) is 0 Å². The van der Waals surface area contributed by atoms with Crippen LogP contribution in [0.15, 0.2) is 18.3 Å². The van der Waals surface area contributed by atoms with Crippen LogP contribution in [0, 0.1) is 0 Å². The second kappa shape index (κ2) is 6.35. The summed E-state index contributed by atoms with van der Waals surface area (Å²) in [6.45, 7) is 0.447. The van der Waals surface area contributed by atoms with Crippen molar-refractivity contribution >= 4 is 5.91 Å². The van der Waals surface area contributed by atoms with Gasteiger partial charge in [-0.1, -0.05) is 12.8 Å². The Morgan fingerprint density at radius 2 is 2.22 bits per heavy atom. The second-order valence-corrected chi connectivity index (χ2v) is 4.53. The van der Waals surface area contributed by atoms with Crippen LogP contribution < -0.4 is 15.8 Å². The van der Waals surface area contributed by atoms with Crippen molar-refractivity contribution in [2.45, 2.75) is 38.3 Å². The highest BCUT2D eigenvalue weighted by atomic mass is 16.5. The summed E-state index contributed by atoms with van der Waals surface area (Å²) in [6.07, 6.45) is 6.16. The first-order valence-electron chi connectivity index (χ1n) is 6.35. The van der Waals surface area contributed by atoms with E-state index >= 15 is 0 Å². The molecular weight excluding hydrogens is 230 g/mol. The van der Waals surface area contributed by atoms with Gasteiger partial charge in [-0.3, -0.25) is 9.78 Å². The summed E-state index contributed by atoms with van der Waals surface area (Å²) in [6, 6.07) is 3.90. The lowest BCUT2D eigenvalue weighted by Crippen LogP contribution is -2.36. The van der Waals surface area contributed by atoms with Crippen LogP contribution in [-0.4, -0.2) is 23.5 Å². The van der Waals surface area contributed by atoms with Crippen molar-refractivity contribution in [1.82, 2.24) is 10.3 Å². The number of ether oxygens (including phenoxy) is 1. The maximum absolute atomic E-state index is 11.6. The summed E-state index contributed by atoms with van der Waals surface area (Å²) in [4.78, 5) is 15.7. The molecule has 0 atom stereocenters. The zero-order chi connectivity index (χ0) is 12.8. The molecule has 0 aliphatic heterocycles. The minimum Gasteiger partial charge on any atom is -0.482 e. The average Bonchev–Trinajstić information content (AvgIpc) is 2.90. The molecule has 1 heterocycles. The lowest BCUT2D eigenvalue weighted by Gasteiger charge is -2.12. The Bertz CT molecular complexity index is 386. The molecule has 1 aliphatic rings. The Hall–Kier alpha value is -1.62. The van der Waals surface area contributed by atoms with E-state index in [4.69, 9.17) is 10.5 Å². The van der Waals surface area contributed by atoms with E-state index in [1.165, 1.54) is 12.8 Å². The summed E-state index contributed by atoms with van der Waals surface area (Å²) < 4.78 is 5.36. The van der Waals surface area contributed by atoms with E-state index in [1.807, 2.05) is 0 Å². The molecule has 0 aromatic carbocycles. The number of aromatic nitrogens is 1. The van der Waals surface area contributed by atoms with E-state index in [0.717, 1.165) is 18.5 Å². The Morgan fingerprint density at radius 3 is 2.83 bits per heavy atom. The third kappa shape index (κ3) is 3.70. The van der Waals surface area contributed by atoms with Gasteiger partial charge in [0.2, 0.25) is 0 Å². The van der Waals surface area contributed by atoms with Gasteiger partial charge in [0.05, 0.1) is 11.9 Å². The van der Waals surface area contributed by atoms with Crippen LogP contribution in [0.25, 0.3) is 0 Å². The van der Waals surface area contributed by atoms with Gasteiger partial charge in [-0.2, -0.15) is 0 Å². The summed E-state index contributed by atoms with van der Waals surface area (Å²) >= 11 is 0. The first kappa shape index (κ1) is 12.8. The highest BCUT2D eigenvalue weighted by Crippen LogP contribution is 2.17. The maximum atomic E-state index is 11.6. The highest BCUT2D eigenvalue weighted by molar-refractivity contribution is 5.77. The van der Waals surface area contributed by atoms with Crippen molar-refractivity contribution in [3.05, 3.63) is 24.0 Å². The summed E-state index contributed by atoms with van der Waals surface area (Å²) in [5, 5.41) is 2.97. The van der Waals surface area contributed by atoms with Gasteiger partial charge in [-0.05, 0) is 25.0 Å². The molecule has 98 valence electrons. The van der Waals surface area contributed by atoms with Crippen molar-refractivity contribution in [2.24, 2.45) is 5.73 Å². The number of amides is 1. The minimum absolute atomic E-state index is 0.0418. The van der Waals surface area contributed by atoms with Gasteiger partial charge in [0.15, 0.2) is 6.61 Å². The molecule has 1 saturated carbocycles. The lowest BCUT2D eigenvalue weighted by molar-refractivity contribution is -0.123. The molecule has 1 amide bonds. The number of pyridine rings is 1. The molecule has 0 unspecified atom stereocenters. The normalized spacial score (nSPS) is 15.6. The fourth-order valence-corrected chi connectivity index (χ4v) is 2.11. The zero-order valence-corrected chi connectivity index (χ0v) is 10.4. The Balaban J connectivity index is 1.74. The number of carbonyl (C=O) groups excluding carboxylic acids is 1. The predicted octanol–water partition coefficient (Wildman–Crippen LogP) is 0.978. The van der Waals surface area contributed by atoms with Gasteiger partial charge in [0, 0.05) is 12.6 Å². The van der Waals surface area contributed by atoms with Gasteiger partial charge in [-0.15, -0.1) is 0 Å². The molecule has 0 saturated heterocycles. The fraction of sp³-hybridized carbons (Fsp3) is 0.538. The molecule has 18 heavy (non-hydrogen) atoms. The second-order valence-electron chi connectivity index (χ2n) is 4.53. The van der Waals surface area contributed by atoms with Crippen LogP contribution in [-0.2, 0) is 11.3 Å². The van der Waals surface area contributed by atoms with Gasteiger partial charge in [0.25, 0.3) is 5.91 Å². The molecule has 1 aromatic rings. The Morgan fingerprint density at radius 1 is 1.44 bits per heavy atom. The van der Waals surface area contributed by atoms with Crippen LogP contribution in [0.5, 0.6) is 5.75 Å². The highest BCUT2D eigenvalue weighted by Gasteiger charge is 2.17. The van der Waals surface area contributed by atoms with E-state index in [0.29, 0.717) is 18.3 Å². The molecule has 1 fully saturated rings. The largest absolute Gasteiger partial charge is 0.482 e. The Kier molecular flexibility index (Phi) is 4.52. The number of hydrogen-bond acceptors (Lipinski definition) is 4. The molecule has 2 rings (SSSR count). The molecule has 0 radical (unpaired) electrons.